The summed E-state index contributed by atoms with van der Waals surface area (Å²) in [6.07, 6.45) is 11.9. The Hall–Kier alpha value is -3.89. The Morgan fingerprint density at radius 2 is 1.86 bits per heavy atom. The van der Waals surface area contributed by atoms with E-state index in [1.165, 1.54) is 12.0 Å². The first-order valence-corrected chi connectivity index (χ1v) is 12.7. The monoisotopic (exact) mass is 501 g/mol. The van der Waals surface area contributed by atoms with Crippen LogP contribution in [0.1, 0.15) is 12.0 Å². The first-order chi connectivity index (χ1) is 17.7. The van der Waals surface area contributed by atoms with Crippen molar-refractivity contribution >= 4 is 23.5 Å². The molecule has 0 unspecified atom stereocenters. The molecule has 0 saturated heterocycles. The minimum Gasteiger partial charge on any atom is -0.493 e. The lowest BCUT2D eigenvalue weighted by atomic mass is 10.1. The lowest BCUT2D eigenvalue weighted by Gasteiger charge is -2.09. The van der Waals surface area contributed by atoms with E-state index in [0.29, 0.717) is 19.8 Å². The molecule has 4 aromatic heterocycles. The van der Waals surface area contributed by atoms with Crippen LogP contribution >= 0.6 is 12.0 Å². The average molecular weight is 502 g/mol. The van der Waals surface area contributed by atoms with Gasteiger partial charge in [0, 0.05) is 56.4 Å². The molecular formula is C26H27N7O2S. The summed E-state index contributed by atoms with van der Waals surface area (Å²) in [6.45, 7) is 1.91. The summed E-state index contributed by atoms with van der Waals surface area (Å²) in [5.74, 6) is 1.53. The molecule has 0 bridgehead atoms. The molecule has 0 amide bonds. The molecule has 0 spiro atoms. The Bertz CT molecular complexity index is 1430. The molecule has 0 fully saturated rings. The van der Waals surface area contributed by atoms with Crippen LogP contribution in [0, 0.1) is 0 Å². The van der Waals surface area contributed by atoms with Gasteiger partial charge in [-0.1, -0.05) is 24.3 Å². The second-order valence-corrected chi connectivity index (χ2v) is 8.74. The predicted octanol–water partition coefficient (Wildman–Crippen LogP) is 4.87. The molecule has 0 aliphatic rings. The SMILES string of the molecule is CSOCCCOc1ccn2c(-c3cc(NCc4ccc(-c5cnn(C)c5)cc4)ncn3)cnc2c1. The van der Waals surface area contributed by atoms with Crippen LogP contribution in [0.3, 0.4) is 0 Å². The van der Waals surface area contributed by atoms with Gasteiger partial charge in [0.05, 0.1) is 37.0 Å². The van der Waals surface area contributed by atoms with Crippen molar-refractivity contribution in [1.29, 1.82) is 0 Å². The van der Waals surface area contributed by atoms with Crippen molar-refractivity contribution in [3.63, 3.8) is 0 Å². The van der Waals surface area contributed by atoms with Gasteiger partial charge < -0.3 is 14.2 Å². The molecule has 184 valence electrons. The van der Waals surface area contributed by atoms with Crippen LogP contribution in [-0.2, 0) is 17.8 Å². The average Bonchev–Trinajstić information content (AvgIpc) is 3.54. The third-order valence-corrected chi connectivity index (χ3v) is 6.04. The first kappa shape index (κ1) is 23.8. The van der Waals surface area contributed by atoms with E-state index in [1.54, 1.807) is 11.0 Å². The Morgan fingerprint density at radius 1 is 0.972 bits per heavy atom. The van der Waals surface area contributed by atoms with E-state index >= 15 is 0 Å². The van der Waals surface area contributed by atoms with Gasteiger partial charge in [-0.05, 0) is 29.2 Å². The zero-order valence-corrected chi connectivity index (χ0v) is 21.0. The van der Waals surface area contributed by atoms with Crippen molar-refractivity contribution in [2.75, 3.05) is 24.8 Å². The molecule has 0 aliphatic heterocycles. The predicted molar refractivity (Wildman–Crippen MR) is 142 cm³/mol. The molecule has 4 heterocycles. The zero-order chi connectivity index (χ0) is 24.7. The van der Waals surface area contributed by atoms with Crippen molar-refractivity contribution in [2.45, 2.75) is 13.0 Å². The number of ether oxygens (including phenoxy) is 1. The van der Waals surface area contributed by atoms with E-state index in [1.807, 2.05) is 60.7 Å². The molecule has 0 radical (unpaired) electrons. The number of hydrogen-bond acceptors (Lipinski definition) is 8. The first-order valence-electron chi connectivity index (χ1n) is 11.6. The lowest BCUT2D eigenvalue weighted by molar-refractivity contribution is 0.267. The number of hydrogen-bond donors (Lipinski definition) is 1. The maximum Gasteiger partial charge on any atom is 0.140 e. The van der Waals surface area contributed by atoms with Crippen LogP contribution in [0.2, 0.25) is 0 Å². The molecule has 36 heavy (non-hydrogen) atoms. The highest BCUT2D eigenvalue weighted by atomic mass is 32.2. The molecule has 9 nitrogen and oxygen atoms in total. The van der Waals surface area contributed by atoms with Crippen molar-refractivity contribution in [3.8, 4) is 28.3 Å². The third kappa shape index (κ3) is 5.67. The van der Waals surface area contributed by atoms with Crippen LogP contribution in [0.15, 0.2) is 73.6 Å². The number of nitrogens with one attached hydrogen (secondary N) is 1. The third-order valence-electron chi connectivity index (χ3n) is 5.64. The molecular weight excluding hydrogens is 474 g/mol. The van der Waals surface area contributed by atoms with Gasteiger partial charge in [-0.25, -0.2) is 15.0 Å². The molecule has 1 aromatic carbocycles. The van der Waals surface area contributed by atoms with Crippen molar-refractivity contribution in [3.05, 3.63) is 79.1 Å². The Kier molecular flexibility index (Phi) is 7.44. The van der Waals surface area contributed by atoms with Crippen LogP contribution in [0.5, 0.6) is 5.75 Å². The summed E-state index contributed by atoms with van der Waals surface area (Å²) in [4.78, 5) is 13.4. The topological polar surface area (TPSA) is 91.4 Å². The molecule has 5 aromatic rings. The Morgan fingerprint density at radius 3 is 2.67 bits per heavy atom. The second kappa shape index (κ2) is 11.2. The van der Waals surface area contributed by atoms with Crippen LogP contribution < -0.4 is 10.1 Å². The molecule has 1 N–H and O–H groups in total. The van der Waals surface area contributed by atoms with Gasteiger partial charge in [-0.15, -0.1) is 0 Å². The Labute approximate surface area is 213 Å². The van der Waals surface area contributed by atoms with E-state index in [-0.39, 0.29) is 0 Å². The number of benzene rings is 1. The number of rotatable bonds is 11. The van der Waals surface area contributed by atoms with Crippen LogP contribution in [0.25, 0.3) is 28.2 Å². The van der Waals surface area contributed by atoms with Gasteiger partial charge in [0.15, 0.2) is 0 Å². The minimum atomic E-state index is 0.595. The maximum atomic E-state index is 5.82. The van der Waals surface area contributed by atoms with E-state index < -0.39 is 0 Å². The highest BCUT2D eigenvalue weighted by molar-refractivity contribution is 7.93. The highest BCUT2D eigenvalue weighted by Gasteiger charge is 2.10. The van der Waals surface area contributed by atoms with E-state index in [4.69, 9.17) is 8.92 Å². The summed E-state index contributed by atoms with van der Waals surface area (Å²) in [5, 5.41) is 7.63. The number of aryl methyl sites for hydroxylation is 1. The standard InChI is InChI=1S/C26H27N7O2S/c1-32-17-21(15-31-32)20-6-4-19(5-7-20)14-27-25-13-23(29-18-30-25)24-16-28-26-12-22(8-9-33(24)26)34-10-3-11-35-36-2/h4-9,12-13,15-18H,3,10-11,14H2,1-2H3,(H,27,29,30). The fourth-order valence-electron chi connectivity index (χ4n) is 3.80. The fourth-order valence-corrected chi connectivity index (χ4v) is 4.09. The summed E-state index contributed by atoms with van der Waals surface area (Å²) >= 11 is 1.37. The Balaban J connectivity index is 1.23. The number of pyridine rings is 1. The van der Waals surface area contributed by atoms with Crippen molar-refractivity contribution < 1.29 is 8.92 Å². The summed E-state index contributed by atoms with van der Waals surface area (Å²) in [6, 6.07) is 14.2. The van der Waals surface area contributed by atoms with Gasteiger partial charge in [-0.3, -0.25) is 9.08 Å². The summed E-state index contributed by atoms with van der Waals surface area (Å²) < 4.78 is 14.9. The van der Waals surface area contributed by atoms with E-state index in [2.05, 4.69) is 49.6 Å². The molecule has 10 heteroatoms. The smallest absolute Gasteiger partial charge is 0.140 e. The van der Waals surface area contributed by atoms with Crippen molar-refractivity contribution in [2.24, 2.45) is 7.05 Å². The number of imidazole rings is 1. The number of nitrogens with zero attached hydrogens (tertiary/aromatic N) is 6. The lowest BCUT2D eigenvalue weighted by Crippen LogP contribution is -2.03. The quantitative estimate of drug-likeness (QED) is 0.203. The van der Waals surface area contributed by atoms with Gasteiger partial charge in [-0.2, -0.15) is 5.10 Å². The maximum absolute atomic E-state index is 5.82. The number of fused-ring (bicyclic) bond motifs is 1. The van der Waals surface area contributed by atoms with E-state index in [9.17, 15) is 0 Å². The highest BCUT2D eigenvalue weighted by Crippen LogP contribution is 2.24. The number of aromatic nitrogens is 6. The zero-order valence-electron chi connectivity index (χ0n) is 20.2. The van der Waals surface area contributed by atoms with Gasteiger partial charge in [0.25, 0.3) is 0 Å². The van der Waals surface area contributed by atoms with Crippen molar-refractivity contribution in [1.82, 2.24) is 29.1 Å². The van der Waals surface area contributed by atoms with Crippen LogP contribution in [0.4, 0.5) is 5.82 Å². The fraction of sp³-hybridized carbons (Fsp3) is 0.231. The largest absolute Gasteiger partial charge is 0.493 e. The molecule has 5 rings (SSSR count). The molecule has 0 atom stereocenters. The second-order valence-electron chi connectivity index (χ2n) is 8.17. The number of anilines is 1. The van der Waals surface area contributed by atoms with Crippen LogP contribution in [-0.4, -0.2) is 48.6 Å². The summed E-state index contributed by atoms with van der Waals surface area (Å²) in [5.41, 5.74) is 5.87. The minimum absolute atomic E-state index is 0.595. The molecule has 0 aliphatic carbocycles. The van der Waals surface area contributed by atoms with Gasteiger partial charge in [0.2, 0.25) is 0 Å². The molecule has 0 saturated carbocycles. The van der Waals surface area contributed by atoms with E-state index in [0.717, 1.165) is 51.7 Å². The normalized spacial score (nSPS) is 11.2. The summed E-state index contributed by atoms with van der Waals surface area (Å²) in [7, 11) is 1.92. The van der Waals surface area contributed by atoms with Gasteiger partial charge in [0.1, 0.15) is 23.5 Å². The van der Waals surface area contributed by atoms with Gasteiger partial charge >= 0.3 is 0 Å².